The number of allylic oxidation sites excluding steroid dienone is 1. The Labute approximate surface area is 206 Å². The summed E-state index contributed by atoms with van der Waals surface area (Å²) in [5.41, 5.74) is 7.74. The summed E-state index contributed by atoms with van der Waals surface area (Å²) in [4.78, 5) is 15.8. The van der Waals surface area contributed by atoms with Gasteiger partial charge < -0.3 is 15.2 Å². The van der Waals surface area contributed by atoms with Crippen LogP contribution >= 0.6 is 0 Å². The minimum absolute atomic E-state index is 0.0351. The molecule has 1 unspecified atom stereocenters. The van der Waals surface area contributed by atoms with Gasteiger partial charge in [-0.1, -0.05) is 18.2 Å². The van der Waals surface area contributed by atoms with Crippen molar-refractivity contribution in [3.8, 4) is 40.3 Å². The number of benzene rings is 2. The molecule has 2 aromatic carbocycles. The van der Waals surface area contributed by atoms with E-state index in [2.05, 4.69) is 6.07 Å². The van der Waals surface area contributed by atoms with Crippen molar-refractivity contribution in [1.82, 2.24) is 4.98 Å². The highest BCUT2D eigenvalue weighted by atomic mass is 19.1. The van der Waals surface area contributed by atoms with Gasteiger partial charge in [-0.25, -0.2) is 18.6 Å². The zero-order valence-electron chi connectivity index (χ0n) is 19.2. The number of ether oxygens (including phenoxy) is 2. The molecule has 1 atom stereocenters. The van der Waals surface area contributed by atoms with E-state index in [0.717, 1.165) is 5.57 Å². The lowest BCUT2D eigenvalue weighted by Crippen LogP contribution is -2.24. The number of nitrogens with two attached hydrogens (primary N) is 1. The number of nitrogens with zero attached hydrogens (tertiary/aromatic N) is 3. The third kappa shape index (κ3) is 4.86. The van der Waals surface area contributed by atoms with Gasteiger partial charge in [0.05, 0.1) is 35.7 Å². The number of pyridine rings is 1. The zero-order valence-corrected chi connectivity index (χ0v) is 19.2. The van der Waals surface area contributed by atoms with Crippen molar-refractivity contribution in [3.05, 3.63) is 77.0 Å². The van der Waals surface area contributed by atoms with Crippen LogP contribution in [0.4, 0.5) is 13.6 Å². The lowest BCUT2D eigenvalue weighted by atomic mass is 9.90. The van der Waals surface area contributed by atoms with Crippen LogP contribution in [0.1, 0.15) is 36.1 Å². The van der Waals surface area contributed by atoms with Crippen molar-refractivity contribution >= 4 is 11.7 Å². The molecule has 2 N–H and O–H groups in total. The van der Waals surface area contributed by atoms with Crippen molar-refractivity contribution in [3.63, 3.8) is 0 Å². The molecular formula is C27H20F2N4O3. The van der Waals surface area contributed by atoms with Crippen LogP contribution in [-0.2, 0) is 4.74 Å². The number of amides is 1. The Balaban J connectivity index is 1.90. The fourth-order valence-electron chi connectivity index (χ4n) is 4.19. The van der Waals surface area contributed by atoms with Crippen molar-refractivity contribution in [1.29, 1.82) is 10.5 Å². The summed E-state index contributed by atoms with van der Waals surface area (Å²) < 4.78 is 39.2. The van der Waals surface area contributed by atoms with Gasteiger partial charge in [-0.15, -0.1) is 0 Å². The Kier molecular flexibility index (Phi) is 6.93. The molecule has 7 nitrogen and oxygen atoms in total. The normalized spacial score (nSPS) is 14.8. The number of primary amides is 1. The third-order valence-corrected chi connectivity index (χ3v) is 5.92. The first-order valence-electron chi connectivity index (χ1n) is 11.0. The van der Waals surface area contributed by atoms with E-state index in [-0.39, 0.29) is 28.7 Å². The highest BCUT2D eigenvalue weighted by molar-refractivity contribution is 5.87. The molecule has 0 radical (unpaired) electrons. The lowest BCUT2D eigenvalue weighted by Gasteiger charge is -2.22. The van der Waals surface area contributed by atoms with E-state index in [9.17, 15) is 18.8 Å². The molecule has 1 heterocycles. The van der Waals surface area contributed by atoms with Crippen LogP contribution in [0, 0.1) is 34.3 Å². The van der Waals surface area contributed by atoms with E-state index in [1.807, 2.05) is 6.08 Å². The van der Waals surface area contributed by atoms with Crippen LogP contribution < -0.4 is 10.5 Å². The maximum absolute atomic E-state index is 14.6. The van der Waals surface area contributed by atoms with Gasteiger partial charge in [-0.2, -0.15) is 10.5 Å². The van der Waals surface area contributed by atoms with E-state index < -0.39 is 17.7 Å². The quantitative estimate of drug-likeness (QED) is 0.510. The van der Waals surface area contributed by atoms with Crippen LogP contribution in [0.15, 0.2) is 48.5 Å². The summed E-state index contributed by atoms with van der Waals surface area (Å²) in [5.74, 6) is -1.33. The molecule has 3 aromatic rings. The topological polar surface area (TPSA) is 122 Å². The molecule has 0 aliphatic heterocycles. The average molecular weight is 486 g/mol. The summed E-state index contributed by atoms with van der Waals surface area (Å²) >= 11 is 0. The predicted molar refractivity (Wildman–Crippen MR) is 127 cm³/mol. The van der Waals surface area contributed by atoms with Gasteiger partial charge in [0, 0.05) is 17.5 Å². The van der Waals surface area contributed by atoms with Crippen LogP contribution in [0.3, 0.4) is 0 Å². The largest absolute Gasteiger partial charge is 0.494 e. The Morgan fingerprint density at radius 2 is 1.78 bits per heavy atom. The van der Waals surface area contributed by atoms with E-state index in [1.165, 1.54) is 37.4 Å². The fourth-order valence-corrected chi connectivity index (χ4v) is 4.19. The van der Waals surface area contributed by atoms with Crippen molar-refractivity contribution < 1.29 is 23.0 Å². The van der Waals surface area contributed by atoms with Gasteiger partial charge in [0.15, 0.2) is 11.6 Å². The molecule has 0 saturated carbocycles. The van der Waals surface area contributed by atoms with Crippen molar-refractivity contribution in [2.24, 2.45) is 5.73 Å². The first-order valence-corrected chi connectivity index (χ1v) is 11.0. The molecule has 1 amide bonds. The van der Waals surface area contributed by atoms with Crippen LogP contribution in [0.25, 0.3) is 28.0 Å². The number of carbonyl (C=O) groups excluding carboxylic acids is 1. The molecule has 1 aromatic heterocycles. The molecule has 9 heteroatoms. The molecule has 36 heavy (non-hydrogen) atoms. The Morgan fingerprint density at radius 1 is 1.06 bits per heavy atom. The SMILES string of the molecule is COc1ccc(-c2c(C#N)cc(C3=CCC(OC(N)=O)CC3)nc2-c2ccc(C#N)c(F)c2)cc1F. The fraction of sp³-hybridized carbons (Fsp3) is 0.185. The highest BCUT2D eigenvalue weighted by Gasteiger charge is 2.23. The van der Waals surface area contributed by atoms with Gasteiger partial charge >= 0.3 is 6.09 Å². The first kappa shape index (κ1) is 24.4. The number of carbonyl (C=O) groups is 1. The minimum Gasteiger partial charge on any atom is -0.494 e. The number of aromatic nitrogens is 1. The second-order valence-electron chi connectivity index (χ2n) is 8.11. The summed E-state index contributed by atoms with van der Waals surface area (Å²) in [6.07, 6.45) is 2.11. The predicted octanol–water partition coefficient (Wildman–Crippen LogP) is 5.48. The number of hydrogen-bond acceptors (Lipinski definition) is 6. The molecule has 4 rings (SSSR count). The Morgan fingerprint density at radius 3 is 2.36 bits per heavy atom. The number of rotatable bonds is 5. The maximum Gasteiger partial charge on any atom is 0.404 e. The maximum atomic E-state index is 14.6. The molecular weight excluding hydrogens is 466 g/mol. The first-order chi connectivity index (χ1) is 17.3. The van der Waals surface area contributed by atoms with Gasteiger partial charge in [-0.05, 0) is 54.3 Å². The Bertz CT molecular complexity index is 1470. The number of methoxy groups -OCH3 is 1. The lowest BCUT2D eigenvalue weighted by molar-refractivity contribution is 0.102. The van der Waals surface area contributed by atoms with Crippen molar-refractivity contribution in [2.75, 3.05) is 7.11 Å². The van der Waals surface area contributed by atoms with Crippen LogP contribution in [0.5, 0.6) is 5.75 Å². The summed E-state index contributed by atoms with van der Waals surface area (Å²) in [5, 5.41) is 19.1. The summed E-state index contributed by atoms with van der Waals surface area (Å²) in [6, 6.07) is 13.8. The summed E-state index contributed by atoms with van der Waals surface area (Å²) in [6.45, 7) is 0. The number of hydrogen-bond donors (Lipinski definition) is 1. The number of nitriles is 2. The third-order valence-electron chi connectivity index (χ3n) is 5.92. The van der Waals surface area contributed by atoms with Gasteiger partial charge in [-0.3, -0.25) is 0 Å². The van der Waals surface area contributed by atoms with Crippen LogP contribution in [-0.4, -0.2) is 24.3 Å². The number of halogens is 2. The molecule has 0 saturated heterocycles. The second kappa shape index (κ2) is 10.2. The standard InChI is InChI=1S/C27H20F2N4O3/c1-35-24-9-6-16(10-22(24)29)25-19(14-31)12-23(15-4-7-20(8-5-15)36-27(32)34)33-26(25)17-2-3-18(13-30)21(28)11-17/h2-4,6,9-12,20H,5,7-8H2,1H3,(H2,32,34). The van der Waals surface area contributed by atoms with E-state index >= 15 is 0 Å². The monoisotopic (exact) mass is 486 g/mol. The highest BCUT2D eigenvalue weighted by Crippen LogP contribution is 2.38. The molecule has 0 spiro atoms. The molecule has 180 valence electrons. The van der Waals surface area contributed by atoms with E-state index in [1.54, 1.807) is 18.2 Å². The molecule has 1 aliphatic rings. The van der Waals surface area contributed by atoms with Crippen LogP contribution in [0.2, 0.25) is 0 Å². The van der Waals surface area contributed by atoms with E-state index in [0.29, 0.717) is 41.6 Å². The second-order valence-corrected chi connectivity index (χ2v) is 8.11. The van der Waals surface area contributed by atoms with Crippen molar-refractivity contribution in [2.45, 2.75) is 25.4 Å². The van der Waals surface area contributed by atoms with Gasteiger partial charge in [0.2, 0.25) is 0 Å². The molecule has 1 aliphatic carbocycles. The minimum atomic E-state index is -0.844. The molecule has 0 bridgehead atoms. The average Bonchev–Trinajstić information content (AvgIpc) is 2.88. The van der Waals surface area contributed by atoms with Gasteiger partial charge in [0.1, 0.15) is 18.0 Å². The van der Waals surface area contributed by atoms with E-state index in [4.69, 9.17) is 25.5 Å². The molecule has 0 fully saturated rings. The zero-order chi connectivity index (χ0) is 25.8. The smallest absolute Gasteiger partial charge is 0.404 e. The summed E-state index contributed by atoms with van der Waals surface area (Å²) in [7, 11) is 1.34. The van der Waals surface area contributed by atoms with Gasteiger partial charge in [0.25, 0.3) is 0 Å². The Hall–Kier alpha value is -4.76.